The van der Waals surface area contributed by atoms with E-state index in [-0.39, 0.29) is 23.9 Å². The second kappa shape index (κ2) is 8.75. The maximum Gasteiger partial charge on any atom is 0.273 e. The Morgan fingerprint density at radius 3 is 2.85 bits per heavy atom. The highest BCUT2D eigenvalue weighted by Crippen LogP contribution is 2.22. The number of aryl methyl sites for hydroxylation is 1. The molecule has 1 aliphatic rings. The first-order chi connectivity index (χ1) is 13.0. The van der Waals surface area contributed by atoms with Gasteiger partial charge in [0.25, 0.3) is 11.8 Å². The third-order valence-corrected chi connectivity index (χ3v) is 4.65. The van der Waals surface area contributed by atoms with Crippen LogP contribution in [0.4, 0.5) is 0 Å². The van der Waals surface area contributed by atoms with E-state index in [2.05, 4.69) is 20.6 Å². The molecule has 8 nitrogen and oxygen atoms in total. The van der Waals surface area contributed by atoms with E-state index < -0.39 is 0 Å². The summed E-state index contributed by atoms with van der Waals surface area (Å²) in [6, 6.07) is 5.59. The zero-order valence-electron chi connectivity index (χ0n) is 15.8. The second-order valence-corrected chi connectivity index (χ2v) is 7.15. The summed E-state index contributed by atoms with van der Waals surface area (Å²) in [5.74, 6) is -0.239. The molecule has 0 aromatic carbocycles. The van der Waals surface area contributed by atoms with Crippen LogP contribution in [0.5, 0.6) is 0 Å². The zero-order chi connectivity index (χ0) is 19.2. The molecule has 2 aromatic rings. The van der Waals surface area contributed by atoms with Crippen molar-refractivity contribution in [2.24, 2.45) is 0 Å². The Hall–Kier alpha value is -2.77. The monoisotopic (exact) mass is 370 g/mol. The van der Waals surface area contributed by atoms with E-state index in [1.165, 1.54) is 0 Å². The van der Waals surface area contributed by atoms with Crippen LogP contribution >= 0.6 is 0 Å². The van der Waals surface area contributed by atoms with Gasteiger partial charge in [0.05, 0.1) is 6.20 Å². The van der Waals surface area contributed by atoms with Gasteiger partial charge >= 0.3 is 0 Å². The molecular formula is C19H26N6O2. The van der Waals surface area contributed by atoms with Crippen LogP contribution < -0.4 is 5.32 Å². The summed E-state index contributed by atoms with van der Waals surface area (Å²) in [6.45, 7) is 5.16. The number of amides is 2. The number of pyridine rings is 1. The van der Waals surface area contributed by atoms with E-state index in [4.69, 9.17) is 0 Å². The molecule has 1 atom stereocenters. The van der Waals surface area contributed by atoms with Crippen LogP contribution in [-0.4, -0.2) is 55.3 Å². The molecule has 2 amide bonds. The number of aromatic nitrogens is 4. The van der Waals surface area contributed by atoms with Gasteiger partial charge in [-0.15, -0.1) is 5.10 Å². The van der Waals surface area contributed by atoms with Crippen LogP contribution in [-0.2, 0) is 6.54 Å². The van der Waals surface area contributed by atoms with E-state index in [1.54, 1.807) is 23.1 Å². The maximum absolute atomic E-state index is 12.8. The molecule has 1 N–H and O–H groups in total. The minimum atomic E-state index is -0.221. The van der Waals surface area contributed by atoms with Gasteiger partial charge in [-0.2, -0.15) is 0 Å². The van der Waals surface area contributed by atoms with Gasteiger partial charge in [0.2, 0.25) is 0 Å². The molecule has 1 unspecified atom stereocenters. The second-order valence-electron chi connectivity index (χ2n) is 7.15. The van der Waals surface area contributed by atoms with E-state index in [9.17, 15) is 9.59 Å². The van der Waals surface area contributed by atoms with Crippen molar-refractivity contribution in [1.29, 1.82) is 0 Å². The number of nitrogens with one attached hydrogen (secondary N) is 1. The van der Waals surface area contributed by atoms with Crippen molar-refractivity contribution in [1.82, 2.24) is 30.2 Å². The van der Waals surface area contributed by atoms with Gasteiger partial charge in [0, 0.05) is 31.4 Å². The van der Waals surface area contributed by atoms with Crippen LogP contribution in [0.25, 0.3) is 0 Å². The largest absolute Gasteiger partial charge is 0.348 e. The lowest BCUT2D eigenvalue weighted by atomic mass is 9.98. The van der Waals surface area contributed by atoms with Crippen molar-refractivity contribution < 1.29 is 9.59 Å². The summed E-state index contributed by atoms with van der Waals surface area (Å²) in [7, 11) is 0. The molecule has 0 bridgehead atoms. The first kappa shape index (κ1) is 19.0. The van der Waals surface area contributed by atoms with Crippen molar-refractivity contribution >= 4 is 11.8 Å². The summed E-state index contributed by atoms with van der Waals surface area (Å²) in [5, 5.41) is 10.8. The number of hydrogen-bond donors (Lipinski definition) is 1. The maximum atomic E-state index is 12.8. The highest BCUT2D eigenvalue weighted by Gasteiger charge is 2.28. The van der Waals surface area contributed by atoms with Gasteiger partial charge < -0.3 is 10.2 Å². The third kappa shape index (κ3) is 4.90. The summed E-state index contributed by atoms with van der Waals surface area (Å²) >= 11 is 0. The number of hydrogen-bond acceptors (Lipinski definition) is 5. The van der Waals surface area contributed by atoms with Gasteiger partial charge in [-0.25, -0.2) is 0 Å². The highest BCUT2D eigenvalue weighted by atomic mass is 16.2. The highest BCUT2D eigenvalue weighted by molar-refractivity contribution is 5.92. The summed E-state index contributed by atoms with van der Waals surface area (Å²) in [6.07, 6.45) is 7.16. The zero-order valence-corrected chi connectivity index (χ0v) is 15.8. The molecule has 1 fully saturated rings. The first-order valence-corrected chi connectivity index (χ1v) is 9.47. The Bertz CT molecular complexity index is 774. The van der Waals surface area contributed by atoms with Crippen LogP contribution in [0.3, 0.4) is 0 Å². The third-order valence-electron chi connectivity index (χ3n) is 4.65. The molecule has 3 heterocycles. The number of carbonyl (C=O) groups is 2. The van der Waals surface area contributed by atoms with E-state index in [0.717, 1.165) is 32.2 Å². The molecular weight excluding hydrogens is 344 g/mol. The molecule has 0 spiro atoms. The SMILES string of the molecule is CC(C)NC(=O)c1cn(CCC2CCCCN2C(=O)c2ccccn2)nn1. The van der Waals surface area contributed by atoms with E-state index >= 15 is 0 Å². The van der Waals surface area contributed by atoms with Gasteiger partial charge in [-0.1, -0.05) is 11.3 Å². The Balaban J connectivity index is 1.61. The number of piperidine rings is 1. The van der Waals surface area contributed by atoms with E-state index in [1.807, 2.05) is 30.9 Å². The molecule has 144 valence electrons. The summed E-state index contributed by atoms with van der Waals surface area (Å²) in [4.78, 5) is 30.9. The fourth-order valence-electron chi connectivity index (χ4n) is 3.33. The van der Waals surface area contributed by atoms with Gasteiger partial charge in [-0.05, 0) is 51.7 Å². The molecule has 2 aromatic heterocycles. The molecule has 0 saturated carbocycles. The molecule has 27 heavy (non-hydrogen) atoms. The van der Waals surface area contributed by atoms with Crippen LogP contribution in [0, 0.1) is 0 Å². The fourth-order valence-corrected chi connectivity index (χ4v) is 3.33. The number of nitrogens with zero attached hydrogens (tertiary/aromatic N) is 5. The van der Waals surface area contributed by atoms with Crippen LogP contribution in [0.2, 0.25) is 0 Å². The molecule has 8 heteroatoms. The summed E-state index contributed by atoms with van der Waals surface area (Å²) in [5.41, 5.74) is 0.798. The summed E-state index contributed by atoms with van der Waals surface area (Å²) < 4.78 is 1.67. The molecule has 3 rings (SSSR count). The van der Waals surface area contributed by atoms with Crippen molar-refractivity contribution in [3.8, 4) is 0 Å². The van der Waals surface area contributed by atoms with Crippen molar-refractivity contribution in [3.05, 3.63) is 42.0 Å². The first-order valence-electron chi connectivity index (χ1n) is 9.47. The van der Waals surface area contributed by atoms with E-state index in [0.29, 0.717) is 17.9 Å². The topological polar surface area (TPSA) is 93.0 Å². The molecule has 1 saturated heterocycles. The minimum Gasteiger partial charge on any atom is -0.348 e. The van der Waals surface area contributed by atoms with Gasteiger partial charge in [-0.3, -0.25) is 19.3 Å². The molecule has 1 aliphatic heterocycles. The van der Waals surface area contributed by atoms with Crippen LogP contribution in [0.15, 0.2) is 30.6 Å². The Labute approximate surface area is 159 Å². The van der Waals surface area contributed by atoms with Crippen molar-refractivity contribution in [3.63, 3.8) is 0 Å². The quantitative estimate of drug-likeness (QED) is 0.838. The molecule has 0 aliphatic carbocycles. The Morgan fingerprint density at radius 1 is 1.26 bits per heavy atom. The predicted octanol–water partition coefficient (Wildman–Crippen LogP) is 1.90. The lowest BCUT2D eigenvalue weighted by molar-refractivity contribution is 0.0587. The van der Waals surface area contributed by atoms with Crippen LogP contribution in [0.1, 0.15) is 60.5 Å². The molecule has 0 radical (unpaired) electrons. The predicted molar refractivity (Wildman–Crippen MR) is 100 cm³/mol. The van der Waals surface area contributed by atoms with Crippen molar-refractivity contribution in [2.45, 2.75) is 58.2 Å². The number of carbonyl (C=O) groups excluding carboxylic acids is 2. The van der Waals surface area contributed by atoms with Gasteiger partial charge in [0.1, 0.15) is 5.69 Å². The fraction of sp³-hybridized carbons (Fsp3) is 0.526. The normalized spacial score (nSPS) is 17.1. The Kier molecular flexibility index (Phi) is 6.16. The number of rotatable bonds is 6. The lowest BCUT2D eigenvalue weighted by Crippen LogP contribution is -2.44. The smallest absolute Gasteiger partial charge is 0.273 e. The van der Waals surface area contributed by atoms with Crippen molar-refractivity contribution in [2.75, 3.05) is 6.54 Å². The lowest BCUT2D eigenvalue weighted by Gasteiger charge is -2.35. The van der Waals surface area contributed by atoms with Gasteiger partial charge in [0.15, 0.2) is 5.69 Å². The average molecular weight is 370 g/mol. The Morgan fingerprint density at radius 2 is 2.11 bits per heavy atom. The standard InChI is InChI=1S/C19H26N6O2/c1-14(2)21-18(26)17-13-24(23-22-17)12-9-15-7-4-6-11-25(15)19(27)16-8-3-5-10-20-16/h3,5,8,10,13-15H,4,6-7,9,11-12H2,1-2H3,(H,21,26). The number of likely N-dealkylation sites (tertiary alicyclic amines) is 1. The average Bonchev–Trinajstić information content (AvgIpc) is 3.15. The minimum absolute atomic E-state index is 0.0177.